The zero-order valence-corrected chi connectivity index (χ0v) is 11.8. The molecule has 0 saturated carbocycles. The first kappa shape index (κ1) is 15.1. The molecular weight excluding hydrogens is 288 g/mol. The van der Waals surface area contributed by atoms with Gasteiger partial charge in [0.2, 0.25) is 0 Å². The lowest BCUT2D eigenvalue weighted by Gasteiger charge is -2.32. The number of ketones is 1. The Labute approximate surface area is 116 Å². The Hall–Kier alpha value is -1.34. The minimum atomic E-state index is -3.06. The average molecular weight is 303 g/mol. The highest BCUT2D eigenvalue weighted by molar-refractivity contribution is 7.91. The predicted octanol–water partition coefficient (Wildman–Crippen LogP) is 1.27. The summed E-state index contributed by atoms with van der Waals surface area (Å²) in [5, 5.41) is 0. The Balaban J connectivity index is 2.08. The first-order valence-corrected chi connectivity index (χ1v) is 8.03. The Morgan fingerprint density at radius 2 is 2.10 bits per heavy atom. The van der Waals surface area contributed by atoms with E-state index in [1.54, 1.807) is 11.8 Å². The summed E-state index contributed by atoms with van der Waals surface area (Å²) in [6, 6.07) is 2.51. The highest BCUT2D eigenvalue weighted by atomic mass is 32.2. The number of carbonyl (C=O) groups excluding carboxylic acids is 1. The number of hydrogen-bond donors (Lipinski definition) is 0. The van der Waals surface area contributed by atoms with Gasteiger partial charge in [0.25, 0.3) is 0 Å². The van der Waals surface area contributed by atoms with E-state index in [-0.39, 0.29) is 36.2 Å². The molecule has 0 bridgehead atoms. The molecule has 4 nitrogen and oxygen atoms in total. The van der Waals surface area contributed by atoms with Gasteiger partial charge in [-0.3, -0.25) is 9.69 Å². The van der Waals surface area contributed by atoms with Crippen LogP contribution in [0.4, 0.5) is 8.78 Å². The van der Waals surface area contributed by atoms with Gasteiger partial charge in [-0.15, -0.1) is 0 Å². The van der Waals surface area contributed by atoms with Crippen molar-refractivity contribution in [2.24, 2.45) is 0 Å². The number of carbonyl (C=O) groups is 1. The molecule has 1 aromatic carbocycles. The van der Waals surface area contributed by atoms with Crippen LogP contribution in [-0.2, 0) is 9.84 Å². The highest BCUT2D eigenvalue weighted by Crippen LogP contribution is 2.15. The summed E-state index contributed by atoms with van der Waals surface area (Å²) < 4.78 is 49.2. The molecule has 0 aliphatic carbocycles. The minimum Gasteiger partial charge on any atom is -0.293 e. The Morgan fingerprint density at radius 1 is 1.40 bits per heavy atom. The van der Waals surface area contributed by atoms with E-state index < -0.39 is 27.3 Å². The van der Waals surface area contributed by atoms with E-state index in [0.717, 1.165) is 12.1 Å². The van der Waals surface area contributed by atoms with Gasteiger partial charge in [0.05, 0.1) is 23.6 Å². The van der Waals surface area contributed by atoms with E-state index in [1.165, 1.54) is 0 Å². The largest absolute Gasteiger partial charge is 0.293 e. The van der Waals surface area contributed by atoms with Gasteiger partial charge in [-0.1, -0.05) is 0 Å². The van der Waals surface area contributed by atoms with E-state index >= 15 is 0 Å². The first-order chi connectivity index (χ1) is 9.28. The van der Waals surface area contributed by atoms with Crippen molar-refractivity contribution in [1.29, 1.82) is 0 Å². The maximum absolute atomic E-state index is 13.5. The van der Waals surface area contributed by atoms with Gasteiger partial charge in [0, 0.05) is 18.7 Å². The molecule has 7 heteroatoms. The summed E-state index contributed by atoms with van der Waals surface area (Å²) in [6.07, 6.45) is 0. The van der Waals surface area contributed by atoms with Crippen molar-refractivity contribution in [1.82, 2.24) is 4.90 Å². The molecule has 1 heterocycles. The second kappa shape index (κ2) is 5.57. The van der Waals surface area contributed by atoms with E-state index in [1.807, 2.05) is 0 Å². The summed E-state index contributed by atoms with van der Waals surface area (Å²) in [7, 11) is -3.06. The monoisotopic (exact) mass is 303 g/mol. The van der Waals surface area contributed by atoms with E-state index in [4.69, 9.17) is 0 Å². The van der Waals surface area contributed by atoms with Crippen molar-refractivity contribution in [3.8, 4) is 0 Å². The van der Waals surface area contributed by atoms with Crippen molar-refractivity contribution in [2.75, 3.05) is 24.6 Å². The molecule has 0 N–H and O–H groups in total. The summed E-state index contributed by atoms with van der Waals surface area (Å²) >= 11 is 0. The van der Waals surface area contributed by atoms with Gasteiger partial charge in [0.15, 0.2) is 15.6 Å². The Morgan fingerprint density at radius 3 is 2.70 bits per heavy atom. The molecule has 1 atom stereocenters. The second-order valence-corrected chi connectivity index (χ2v) is 7.21. The van der Waals surface area contributed by atoms with Crippen LogP contribution >= 0.6 is 0 Å². The number of rotatable bonds is 3. The molecule has 1 fully saturated rings. The topological polar surface area (TPSA) is 54.5 Å². The van der Waals surface area contributed by atoms with Crippen LogP contribution in [0.15, 0.2) is 18.2 Å². The standard InChI is InChI=1S/C13H15F2NO3S/c1-9-8-20(18,19)5-4-16(9)7-13(17)11-3-2-10(14)6-12(11)15/h2-3,6,9H,4-5,7-8H2,1H3. The molecular formula is C13H15F2NO3S. The minimum absolute atomic E-state index is 0.00345. The zero-order valence-electron chi connectivity index (χ0n) is 11.0. The second-order valence-electron chi connectivity index (χ2n) is 4.98. The molecule has 0 aromatic heterocycles. The maximum atomic E-state index is 13.5. The summed E-state index contributed by atoms with van der Waals surface area (Å²) in [5.74, 6) is -2.12. The fraction of sp³-hybridized carbons (Fsp3) is 0.462. The van der Waals surface area contributed by atoms with Crippen LogP contribution in [0.25, 0.3) is 0 Å². The summed E-state index contributed by atoms with van der Waals surface area (Å²) in [6.45, 7) is 1.89. The van der Waals surface area contributed by atoms with Crippen molar-refractivity contribution in [3.05, 3.63) is 35.4 Å². The third-order valence-electron chi connectivity index (χ3n) is 3.39. The number of nitrogens with zero attached hydrogens (tertiary/aromatic N) is 1. The van der Waals surface area contributed by atoms with Gasteiger partial charge in [-0.05, 0) is 19.1 Å². The third kappa shape index (κ3) is 3.40. The molecule has 110 valence electrons. The fourth-order valence-corrected chi connectivity index (χ4v) is 3.88. The SMILES string of the molecule is CC1CS(=O)(=O)CCN1CC(=O)c1ccc(F)cc1F. The van der Waals surface area contributed by atoms with Crippen LogP contribution in [0, 0.1) is 11.6 Å². The zero-order chi connectivity index (χ0) is 14.9. The van der Waals surface area contributed by atoms with E-state index in [9.17, 15) is 22.0 Å². The van der Waals surface area contributed by atoms with Crippen LogP contribution in [0.1, 0.15) is 17.3 Å². The first-order valence-electron chi connectivity index (χ1n) is 6.21. The quantitative estimate of drug-likeness (QED) is 0.789. The summed E-state index contributed by atoms with van der Waals surface area (Å²) in [4.78, 5) is 13.7. The molecule has 1 unspecified atom stereocenters. The average Bonchev–Trinajstić information content (AvgIpc) is 2.32. The Kier molecular flexibility index (Phi) is 4.19. The molecule has 20 heavy (non-hydrogen) atoms. The lowest BCUT2D eigenvalue weighted by atomic mass is 10.1. The van der Waals surface area contributed by atoms with Crippen LogP contribution in [0.3, 0.4) is 0 Å². The number of Topliss-reactive ketones (excluding diaryl/α,β-unsaturated/α-hetero) is 1. The lowest BCUT2D eigenvalue weighted by Crippen LogP contribution is -2.48. The van der Waals surface area contributed by atoms with Crippen molar-refractivity contribution < 1.29 is 22.0 Å². The molecule has 1 aliphatic rings. The molecule has 2 rings (SSSR count). The maximum Gasteiger partial charge on any atom is 0.179 e. The third-order valence-corrected chi connectivity index (χ3v) is 5.18. The molecule has 0 spiro atoms. The predicted molar refractivity (Wildman–Crippen MR) is 70.4 cm³/mol. The van der Waals surface area contributed by atoms with Crippen LogP contribution in [-0.4, -0.2) is 49.7 Å². The van der Waals surface area contributed by atoms with Gasteiger partial charge in [0.1, 0.15) is 11.6 Å². The fourth-order valence-electron chi connectivity index (χ4n) is 2.25. The molecule has 1 aromatic rings. The van der Waals surface area contributed by atoms with E-state index in [2.05, 4.69) is 0 Å². The van der Waals surface area contributed by atoms with Gasteiger partial charge < -0.3 is 0 Å². The number of benzene rings is 1. The van der Waals surface area contributed by atoms with Gasteiger partial charge in [-0.2, -0.15) is 0 Å². The van der Waals surface area contributed by atoms with Gasteiger partial charge in [-0.25, -0.2) is 17.2 Å². The number of halogens is 2. The van der Waals surface area contributed by atoms with Crippen molar-refractivity contribution >= 4 is 15.6 Å². The van der Waals surface area contributed by atoms with Gasteiger partial charge >= 0.3 is 0 Å². The molecule has 0 amide bonds. The molecule has 0 radical (unpaired) electrons. The molecule has 1 saturated heterocycles. The number of sulfone groups is 1. The van der Waals surface area contributed by atoms with Crippen LogP contribution in [0.2, 0.25) is 0 Å². The van der Waals surface area contributed by atoms with Crippen molar-refractivity contribution in [2.45, 2.75) is 13.0 Å². The van der Waals surface area contributed by atoms with Crippen LogP contribution < -0.4 is 0 Å². The van der Waals surface area contributed by atoms with E-state index in [0.29, 0.717) is 6.07 Å². The highest BCUT2D eigenvalue weighted by Gasteiger charge is 2.29. The smallest absolute Gasteiger partial charge is 0.179 e. The Bertz CT molecular complexity index is 631. The lowest BCUT2D eigenvalue weighted by molar-refractivity contribution is 0.0904. The van der Waals surface area contributed by atoms with Crippen LogP contribution in [0.5, 0.6) is 0 Å². The van der Waals surface area contributed by atoms with Crippen molar-refractivity contribution in [3.63, 3.8) is 0 Å². The summed E-state index contributed by atoms with van der Waals surface area (Å²) in [5.41, 5.74) is -0.174. The molecule has 1 aliphatic heterocycles. The normalized spacial score (nSPS) is 22.6. The number of hydrogen-bond acceptors (Lipinski definition) is 4.